The van der Waals surface area contributed by atoms with Crippen LogP contribution in [0.25, 0.3) is 10.8 Å². The first-order valence-electron chi connectivity index (χ1n) is 12.8. The van der Waals surface area contributed by atoms with Gasteiger partial charge < -0.3 is 19.4 Å². The molecule has 4 nitrogen and oxygen atoms in total. The summed E-state index contributed by atoms with van der Waals surface area (Å²) in [5.74, 6) is 4.17. The van der Waals surface area contributed by atoms with Crippen molar-refractivity contribution in [2.75, 3.05) is 6.61 Å². The molecule has 0 atom stereocenters. The maximum atomic E-state index is 9.22. The monoisotopic (exact) mass is 436 g/mol. The van der Waals surface area contributed by atoms with Crippen LogP contribution >= 0.6 is 0 Å². The lowest BCUT2D eigenvalue weighted by Crippen LogP contribution is -2.48. The van der Waals surface area contributed by atoms with Gasteiger partial charge in [-0.1, -0.05) is 38.7 Å². The van der Waals surface area contributed by atoms with E-state index in [1.165, 1.54) is 69.8 Å². The van der Waals surface area contributed by atoms with Gasteiger partial charge in [-0.3, -0.25) is 0 Å². The van der Waals surface area contributed by atoms with Crippen LogP contribution in [0.2, 0.25) is 0 Å². The zero-order chi connectivity index (χ0) is 22.1. The lowest BCUT2D eigenvalue weighted by atomic mass is 9.48. The summed E-state index contributed by atoms with van der Waals surface area (Å²) in [6.07, 6.45) is 14.4. The largest absolute Gasteiger partial charge is 0.707 e. The van der Waals surface area contributed by atoms with Crippen LogP contribution in [0.15, 0.2) is 30.3 Å². The molecule has 2 aromatic rings. The van der Waals surface area contributed by atoms with Crippen LogP contribution in [0.1, 0.15) is 83.1 Å². The summed E-state index contributed by atoms with van der Waals surface area (Å²) in [7, 11) is -1.80. The summed E-state index contributed by atoms with van der Waals surface area (Å²) in [5.41, 5.74) is 1.63. The fraction of sp³-hybridized carbons (Fsp3) is 0.630. The standard InChI is InChI=1S/C27H37BO4/c1-2-3-4-5-6-9-31-26-15-22-7-8-24(32-28(29)30)13-23(22)14-25(26)27-16-19-10-20(17-27)12-21(11-19)18-27/h7-8,13-15,19-21,29-30H,2-6,9-12,16-18H2,1H3. The van der Waals surface area contributed by atoms with Crippen LogP contribution in [-0.4, -0.2) is 24.0 Å². The Kier molecular flexibility index (Phi) is 6.40. The van der Waals surface area contributed by atoms with Crippen molar-refractivity contribution in [2.45, 2.75) is 83.0 Å². The van der Waals surface area contributed by atoms with Gasteiger partial charge in [0, 0.05) is 5.56 Å². The second kappa shape index (κ2) is 9.27. The molecule has 4 aliphatic carbocycles. The van der Waals surface area contributed by atoms with E-state index in [2.05, 4.69) is 19.1 Å². The molecule has 0 unspecified atom stereocenters. The highest BCUT2D eigenvalue weighted by atomic mass is 16.6. The Morgan fingerprint density at radius 1 is 0.875 bits per heavy atom. The smallest absolute Gasteiger partial charge is 0.512 e. The Labute approximate surface area is 192 Å². The minimum Gasteiger partial charge on any atom is -0.512 e. The number of ether oxygens (including phenoxy) is 1. The second-order valence-electron chi connectivity index (χ2n) is 10.8. The normalized spacial score (nSPS) is 28.3. The van der Waals surface area contributed by atoms with Gasteiger partial charge in [-0.25, -0.2) is 0 Å². The number of unbranched alkanes of at least 4 members (excludes halogenated alkanes) is 4. The molecule has 0 saturated heterocycles. The maximum Gasteiger partial charge on any atom is 0.707 e. The molecule has 0 amide bonds. The first kappa shape index (κ1) is 22.1. The van der Waals surface area contributed by atoms with E-state index in [0.29, 0.717) is 5.75 Å². The number of rotatable bonds is 10. The van der Waals surface area contributed by atoms with Crippen LogP contribution in [0.4, 0.5) is 0 Å². The first-order valence-corrected chi connectivity index (χ1v) is 12.8. The van der Waals surface area contributed by atoms with E-state index in [1.807, 2.05) is 12.1 Å². The lowest BCUT2D eigenvalue weighted by molar-refractivity contribution is -0.00633. The van der Waals surface area contributed by atoms with E-state index in [9.17, 15) is 10.0 Å². The fourth-order valence-corrected chi connectivity index (χ4v) is 7.31. The van der Waals surface area contributed by atoms with Crippen LogP contribution in [0.3, 0.4) is 0 Å². The van der Waals surface area contributed by atoms with E-state index < -0.39 is 7.32 Å². The van der Waals surface area contributed by atoms with Gasteiger partial charge in [0.15, 0.2) is 0 Å². The number of benzene rings is 2. The van der Waals surface area contributed by atoms with E-state index in [1.54, 1.807) is 6.07 Å². The van der Waals surface area contributed by atoms with Crippen LogP contribution in [-0.2, 0) is 5.41 Å². The third-order valence-electron chi connectivity index (χ3n) is 8.27. The zero-order valence-corrected chi connectivity index (χ0v) is 19.4. The van der Waals surface area contributed by atoms with Gasteiger partial charge in [0.05, 0.1) is 6.61 Å². The van der Waals surface area contributed by atoms with Gasteiger partial charge in [-0.05, 0) is 103 Å². The van der Waals surface area contributed by atoms with Crippen molar-refractivity contribution in [3.05, 3.63) is 35.9 Å². The molecule has 4 saturated carbocycles. The molecular weight excluding hydrogens is 399 g/mol. The van der Waals surface area contributed by atoms with Crippen LogP contribution in [0, 0.1) is 17.8 Å². The number of fused-ring (bicyclic) bond motifs is 1. The van der Waals surface area contributed by atoms with Crippen molar-refractivity contribution in [3.8, 4) is 11.5 Å². The predicted octanol–water partition coefficient (Wildman–Crippen LogP) is 6.01. The molecule has 4 bridgehead atoms. The highest BCUT2D eigenvalue weighted by Gasteiger charge is 2.52. The highest BCUT2D eigenvalue weighted by molar-refractivity contribution is 6.33. The predicted molar refractivity (Wildman–Crippen MR) is 129 cm³/mol. The van der Waals surface area contributed by atoms with Gasteiger partial charge in [0.25, 0.3) is 0 Å². The first-order chi connectivity index (χ1) is 15.5. The molecule has 5 heteroatoms. The molecular formula is C27H37BO4. The molecule has 0 spiro atoms. The summed E-state index contributed by atoms with van der Waals surface area (Å²) in [6.45, 7) is 3.04. The summed E-state index contributed by atoms with van der Waals surface area (Å²) in [6, 6.07) is 10.2. The Morgan fingerprint density at radius 2 is 1.56 bits per heavy atom. The zero-order valence-electron chi connectivity index (χ0n) is 19.4. The van der Waals surface area contributed by atoms with E-state index in [-0.39, 0.29) is 5.41 Å². The Balaban J connectivity index is 1.46. The Bertz CT molecular complexity index is 905. The lowest BCUT2D eigenvalue weighted by Gasteiger charge is -2.57. The molecule has 32 heavy (non-hydrogen) atoms. The Hall–Kier alpha value is -1.72. The molecule has 4 fully saturated rings. The molecule has 2 N–H and O–H groups in total. The third kappa shape index (κ3) is 4.52. The number of hydrogen-bond acceptors (Lipinski definition) is 4. The van der Waals surface area contributed by atoms with Gasteiger partial charge in [0.1, 0.15) is 11.5 Å². The Morgan fingerprint density at radius 3 is 2.22 bits per heavy atom. The highest BCUT2D eigenvalue weighted by Crippen LogP contribution is 2.62. The van der Waals surface area contributed by atoms with Crippen molar-refractivity contribution < 1.29 is 19.4 Å². The minimum absolute atomic E-state index is 0.244. The van der Waals surface area contributed by atoms with E-state index in [4.69, 9.17) is 9.39 Å². The van der Waals surface area contributed by atoms with Gasteiger partial charge in [0.2, 0.25) is 0 Å². The molecule has 172 valence electrons. The molecule has 0 aromatic heterocycles. The van der Waals surface area contributed by atoms with E-state index in [0.717, 1.165) is 47.3 Å². The van der Waals surface area contributed by atoms with Gasteiger partial charge in [-0.15, -0.1) is 0 Å². The summed E-state index contributed by atoms with van der Waals surface area (Å²) < 4.78 is 11.6. The average Bonchev–Trinajstić information content (AvgIpc) is 2.74. The van der Waals surface area contributed by atoms with Crippen molar-refractivity contribution in [1.29, 1.82) is 0 Å². The quantitative estimate of drug-likeness (QED) is 0.354. The van der Waals surface area contributed by atoms with Gasteiger partial charge in [-0.2, -0.15) is 0 Å². The van der Waals surface area contributed by atoms with Crippen LogP contribution < -0.4 is 9.39 Å². The molecule has 6 rings (SSSR count). The summed E-state index contributed by atoms with van der Waals surface area (Å²) >= 11 is 0. The molecule has 0 aliphatic heterocycles. The topological polar surface area (TPSA) is 58.9 Å². The molecule has 2 aromatic carbocycles. The van der Waals surface area contributed by atoms with Crippen molar-refractivity contribution in [2.24, 2.45) is 17.8 Å². The van der Waals surface area contributed by atoms with E-state index >= 15 is 0 Å². The minimum atomic E-state index is -1.80. The maximum absolute atomic E-state index is 9.22. The number of hydrogen-bond donors (Lipinski definition) is 2. The SMILES string of the molecule is CCCCCCCOc1cc2ccc(OB(O)O)cc2cc1C12CC3CC(CC(C3)C1)C2. The average molecular weight is 436 g/mol. The molecule has 0 radical (unpaired) electrons. The summed E-state index contributed by atoms with van der Waals surface area (Å²) in [4.78, 5) is 0. The van der Waals surface area contributed by atoms with Crippen LogP contribution in [0.5, 0.6) is 11.5 Å². The summed E-state index contributed by atoms with van der Waals surface area (Å²) in [5, 5.41) is 20.6. The van der Waals surface area contributed by atoms with Crippen molar-refractivity contribution in [1.82, 2.24) is 0 Å². The fourth-order valence-electron chi connectivity index (χ4n) is 7.31. The van der Waals surface area contributed by atoms with Gasteiger partial charge >= 0.3 is 7.32 Å². The van der Waals surface area contributed by atoms with Crippen molar-refractivity contribution >= 4 is 18.1 Å². The second-order valence-corrected chi connectivity index (χ2v) is 10.8. The third-order valence-corrected chi connectivity index (χ3v) is 8.27. The van der Waals surface area contributed by atoms with Crippen molar-refractivity contribution in [3.63, 3.8) is 0 Å². The molecule has 0 heterocycles. The molecule has 4 aliphatic rings.